The molecule has 1 atom stereocenters. The molecule has 2 aromatic rings. The second-order valence-corrected chi connectivity index (χ2v) is 7.29. The number of rotatable bonds is 4. The Labute approximate surface area is 124 Å². The number of thiazole rings is 1. The van der Waals surface area contributed by atoms with E-state index in [1.807, 2.05) is 0 Å². The number of hydrogen-bond donors (Lipinski definition) is 2. The minimum absolute atomic E-state index is 0.0302. The maximum absolute atomic E-state index is 13.0. The van der Waals surface area contributed by atoms with Gasteiger partial charge in [0.15, 0.2) is 9.34 Å². The Morgan fingerprint density at radius 3 is 2.75 bits per heavy atom. The number of nitrogens with zero attached hydrogens (tertiary/aromatic N) is 1. The van der Waals surface area contributed by atoms with E-state index < -0.39 is 15.8 Å². The lowest BCUT2D eigenvalue weighted by atomic mass is 10.1. The molecule has 0 aliphatic carbocycles. The van der Waals surface area contributed by atoms with Crippen LogP contribution in [0.25, 0.3) is 0 Å². The van der Waals surface area contributed by atoms with Crippen LogP contribution in [-0.2, 0) is 10.0 Å². The molecule has 0 fully saturated rings. The Morgan fingerprint density at radius 1 is 1.50 bits per heavy atom. The van der Waals surface area contributed by atoms with Gasteiger partial charge in [0.25, 0.3) is 0 Å². The Hall–Kier alpha value is -1.22. The number of hydrogen-bond acceptors (Lipinski definition) is 5. The van der Waals surface area contributed by atoms with Crippen molar-refractivity contribution in [2.45, 2.75) is 17.2 Å². The molecule has 9 heteroatoms. The fraction of sp³-hybridized carbons (Fsp3) is 0.182. The van der Waals surface area contributed by atoms with Gasteiger partial charge in [-0.25, -0.2) is 22.9 Å². The van der Waals surface area contributed by atoms with Gasteiger partial charge in [0.05, 0.1) is 12.2 Å². The maximum Gasteiger partial charge on any atom is 0.249 e. The van der Waals surface area contributed by atoms with Gasteiger partial charge in [-0.15, -0.1) is 0 Å². The first kappa shape index (κ1) is 15.2. The predicted octanol–water partition coefficient (Wildman–Crippen LogP) is 2.76. The lowest BCUT2D eigenvalue weighted by molar-refractivity contribution is 0.599. The van der Waals surface area contributed by atoms with Gasteiger partial charge in [-0.2, -0.15) is 0 Å². The van der Waals surface area contributed by atoms with Gasteiger partial charge in [0.2, 0.25) is 10.0 Å². The van der Waals surface area contributed by atoms with Crippen LogP contribution in [-0.4, -0.2) is 13.4 Å². The summed E-state index contributed by atoms with van der Waals surface area (Å²) in [5.41, 5.74) is 0.681. The van der Waals surface area contributed by atoms with E-state index >= 15 is 0 Å². The minimum Gasteiger partial charge on any atom is -0.355 e. The van der Waals surface area contributed by atoms with E-state index in [0.29, 0.717) is 10.7 Å². The standard InChI is InChI=1S/C11H11ClFN3O2S2/c1-6(8-3-2-7(13)4-9(8)12)16-11-15-5-10(19-11)20(14,17)18/h2-6H,1H3,(H,15,16)(H2,14,17,18). The van der Waals surface area contributed by atoms with Crippen LogP contribution in [0.4, 0.5) is 9.52 Å². The highest BCUT2D eigenvalue weighted by Gasteiger charge is 2.15. The summed E-state index contributed by atoms with van der Waals surface area (Å²) in [6.07, 6.45) is 1.18. The van der Waals surface area contributed by atoms with Crippen LogP contribution in [0.2, 0.25) is 5.02 Å². The number of sulfonamides is 1. The lowest BCUT2D eigenvalue weighted by Gasteiger charge is -2.14. The van der Waals surface area contributed by atoms with Crippen molar-refractivity contribution >= 4 is 38.1 Å². The molecular weight excluding hydrogens is 325 g/mol. The van der Waals surface area contributed by atoms with Crippen molar-refractivity contribution in [2.24, 2.45) is 5.14 Å². The average Bonchev–Trinajstić information content (AvgIpc) is 2.76. The summed E-state index contributed by atoms with van der Waals surface area (Å²) in [6.45, 7) is 1.80. The SMILES string of the molecule is CC(Nc1ncc(S(N)(=O)=O)s1)c1ccc(F)cc1Cl. The van der Waals surface area contributed by atoms with Crippen LogP contribution in [0.5, 0.6) is 0 Å². The molecule has 2 rings (SSSR count). The van der Waals surface area contributed by atoms with E-state index in [9.17, 15) is 12.8 Å². The monoisotopic (exact) mass is 335 g/mol. The topological polar surface area (TPSA) is 85.1 Å². The molecular formula is C11H11ClFN3O2S2. The van der Waals surface area contributed by atoms with Crippen LogP contribution in [0.15, 0.2) is 28.6 Å². The molecule has 108 valence electrons. The second kappa shape index (κ2) is 5.65. The Kier molecular flexibility index (Phi) is 4.28. The number of aromatic nitrogens is 1. The summed E-state index contributed by atoms with van der Waals surface area (Å²) in [6, 6.07) is 3.82. The zero-order valence-electron chi connectivity index (χ0n) is 10.3. The normalized spacial score (nSPS) is 13.2. The van der Waals surface area contributed by atoms with Crippen molar-refractivity contribution < 1.29 is 12.8 Å². The van der Waals surface area contributed by atoms with Gasteiger partial charge < -0.3 is 5.32 Å². The van der Waals surface area contributed by atoms with Crippen LogP contribution >= 0.6 is 22.9 Å². The van der Waals surface area contributed by atoms with Crippen molar-refractivity contribution in [2.75, 3.05) is 5.32 Å². The first-order valence-electron chi connectivity index (χ1n) is 5.47. The molecule has 0 aliphatic rings. The van der Waals surface area contributed by atoms with Crippen molar-refractivity contribution in [1.29, 1.82) is 0 Å². The largest absolute Gasteiger partial charge is 0.355 e. The van der Waals surface area contributed by atoms with Crippen LogP contribution in [0, 0.1) is 5.82 Å². The molecule has 1 aromatic heterocycles. The van der Waals surface area contributed by atoms with E-state index in [1.165, 1.54) is 18.3 Å². The molecule has 0 bridgehead atoms. The number of halogens is 2. The van der Waals surface area contributed by atoms with E-state index in [-0.39, 0.29) is 15.3 Å². The molecule has 0 radical (unpaired) electrons. The third kappa shape index (κ3) is 3.45. The molecule has 0 saturated heterocycles. The molecule has 0 amide bonds. The lowest BCUT2D eigenvalue weighted by Crippen LogP contribution is -2.10. The van der Waals surface area contributed by atoms with Crippen molar-refractivity contribution in [3.05, 3.63) is 40.8 Å². The summed E-state index contributed by atoms with van der Waals surface area (Å²) >= 11 is 6.88. The quantitative estimate of drug-likeness (QED) is 0.899. The summed E-state index contributed by atoms with van der Waals surface area (Å²) in [5.74, 6) is -0.420. The molecule has 0 saturated carbocycles. The van der Waals surface area contributed by atoms with Crippen LogP contribution in [0.3, 0.4) is 0 Å². The van der Waals surface area contributed by atoms with Gasteiger partial charge in [0.1, 0.15) is 5.82 Å². The first-order chi connectivity index (χ1) is 9.27. The third-order valence-corrected chi connectivity index (χ3v) is 5.20. The van der Waals surface area contributed by atoms with E-state index in [2.05, 4.69) is 10.3 Å². The highest BCUT2D eigenvalue weighted by Crippen LogP contribution is 2.29. The molecule has 0 spiro atoms. The molecule has 1 unspecified atom stereocenters. The maximum atomic E-state index is 13.0. The van der Waals surface area contributed by atoms with Crippen LogP contribution < -0.4 is 10.5 Å². The minimum atomic E-state index is -3.76. The fourth-order valence-electron chi connectivity index (χ4n) is 1.57. The van der Waals surface area contributed by atoms with Gasteiger partial charge in [-0.05, 0) is 24.6 Å². The second-order valence-electron chi connectivity index (χ2n) is 4.06. The number of benzene rings is 1. The molecule has 1 aromatic carbocycles. The van der Waals surface area contributed by atoms with Crippen molar-refractivity contribution in [3.63, 3.8) is 0 Å². The highest BCUT2D eigenvalue weighted by atomic mass is 35.5. The molecule has 5 nitrogen and oxygen atoms in total. The van der Waals surface area contributed by atoms with Crippen molar-refractivity contribution in [1.82, 2.24) is 4.98 Å². The molecule has 20 heavy (non-hydrogen) atoms. The number of nitrogens with two attached hydrogens (primary N) is 1. The Morgan fingerprint density at radius 2 is 2.20 bits per heavy atom. The van der Waals surface area contributed by atoms with Gasteiger partial charge in [-0.1, -0.05) is 29.0 Å². The Bertz CT molecular complexity index is 733. The predicted molar refractivity (Wildman–Crippen MR) is 76.9 cm³/mol. The zero-order chi connectivity index (χ0) is 14.9. The molecule has 3 N–H and O–H groups in total. The first-order valence-corrected chi connectivity index (χ1v) is 8.21. The van der Waals surface area contributed by atoms with Gasteiger partial charge in [0, 0.05) is 5.02 Å². The number of anilines is 1. The third-order valence-electron chi connectivity index (χ3n) is 2.53. The summed E-state index contributed by atoms with van der Waals surface area (Å²) in [4.78, 5) is 3.93. The highest BCUT2D eigenvalue weighted by molar-refractivity contribution is 7.91. The Balaban J connectivity index is 2.19. The summed E-state index contributed by atoms with van der Waals surface area (Å²) in [7, 11) is -3.76. The van der Waals surface area contributed by atoms with E-state index in [4.69, 9.17) is 16.7 Å². The summed E-state index contributed by atoms with van der Waals surface area (Å²) < 4.78 is 35.2. The van der Waals surface area contributed by atoms with Crippen LogP contribution in [0.1, 0.15) is 18.5 Å². The van der Waals surface area contributed by atoms with E-state index in [1.54, 1.807) is 13.0 Å². The average molecular weight is 336 g/mol. The molecule has 1 heterocycles. The van der Waals surface area contributed by atoms with E-state index in [0.717, 1.165) is 11.3 Å². The molecule has 0 aliphatic heterocycles. The summed E-state index contributed by atoms with van der Waals surface area (Å²) in [5, 5.41) is 8.67. The van der Waals surface area contributed by atoms with Gasteiger partial charge in [-0.3, -0.25) is 0 Å². The number of primary sulfonamides is 1. The van der Waals surface area contributed by atoms with Gasteiger partial charge >= 0.3 is 0 Å². The smallest absolute Gasteiger partial charge is 0.249 e. The fourth-order valence-corrected chi connectivity index (χ4v) is 3.44. The zero-order valence-corrected chi connectivity index (χ0v) is 12.7. The van der Waals surface area contributed by atoms with Crippen molar-refractivity contribution in [3.8, 4) is 0 Å². The number of nitrogens with one attached hydrogen (secondary N) is 1.